The van der Waals surface area contributed by atoms with Gasteiger partial charge in [0.1, 0.15) is 6.61 Å². The summed E-state index contributed by atoms with van der Waals surface area (Å²) >= 11 is 0. The third-order valence-corrected chi connectivity index (χ3v) is 4.01. The molecule has 2 N–H and O–H groups in total. The highest BCUT2D eigenvalue weighted by Crippen LogP contribution is 2.40. The molecule has 24 heavy (non-hydrogen) atoms. The standard InChI is InChI=1S/C19H19NO4/c21-18(22)17(16-8-4-7-15(11-16)14-9-10-14)20-19(23)24-12-13-5-2-1-3-6-13/h1-8,11,14,17H,9-10,12H2,(H,20,23)(H,21,22). The maximum atomic E-state index is 11.9. The second kappa shape index (κ2) is 7.17. The molecule has 2 aromatic rings. The normalized spacial score (nSPS) is 14.7. The first kappa shape index (κ1) is 16.1. The van der Waals surface area contributed by atoms with E-state index in [4.69, 9.17) is 4.74 Å². The van der Waals surface area contributed by atoms with E-state index < -0.39 is 18.1 Å². The average molecular weight is 325 g/mol. The molecule has 1 fully saturated rings. The maximum absolute atomic E-state index is 11.9. The van der Waals surface area contributed by atoms with E-state index in [1.165, 1.54) is 0 Å². The fourth-order valence-electron chi connectivity index (χ4n) is 2.58. The average Bonchev–Trinajstić information content (AvgIpc) is 3.44. The van der Waals surface area contributed by atoms with E-state index in [0.29, 0.717) is 11.5 Å². The number of carbonyl (C=O) groups excluding carboxylic acids is 1. The van der Waals surface area contributed by atoms with Crippen LogP contribution in [0.15, 0.2) is 54.6 Å². The molecule has 0 aliphatic heterocycles. The molecule has 2 aromatic carbocycles. The molecular weight excluding hydrogens is 306 g/mol. The monoisotopic (exact) mass is 325 g/mol. The van der Waals surface area contributed by atoms with Crippen LogP contribution in [0.3, 0.4) is 0 Å². The Bertz CT molecular complexity index is 725. The number of carbonyl (C=O) groups is 2. The summed E-state index contributed by atoms with van der Waals surface area (Å²) < 4.78 is 5.11. The van der Waals surface area contributed by atoms with Crippen LogP contribution in [-0.4, -0.2) is 17.2 Å². The zero-order chi connectivity index (χ0) is 16.9. The summed E-state index contributed by atoms with van der Waals surface area (Å²) in [7, 11) is 0. The Morgan fingerprint density at radius 3 is 2.54 bits per heavy atom. The summed E-state index contributed by atoms with van der Waals surface area (Å²) in [6.45, 7) is 0.0983. The number of rotatable bonds is 6. The van der Waals surface area contributed by atoms with Crippen LogP contribution >= 0.6 is 0 Å². The smallest absolute Gasteiger partial charge is 0.408 e. The van der Waals surface area contributed by atoms with Crippen molar-refractivity contribution < 1.29 is 19.4 Å². The van der Waals surface area contributed by atoms with Crippen LogP contribution in [0.4, 0.5) is 4.79 Å². The van der Waals surface area contributed by atoms with E-state index >= 15 is 0 Å². The fraction of sp³-hybridized carbons (Fsp3) is 0.263. The summed E-state index contributed by atoms with van der Waals surface area (Å²) in [4.78, 5) is 23.5. The second-order valence-corrected chi connectivity index (χ2v) is 5.92. The molecule has 0 saturated heterocycles. The van der Waals surface area contributed by atoms with E-state index in [1.807, 2.05) is 48.5 Å². The number of carboxylic acid groups (broad SMARTS) is 1. The molecule has 0 aromatic heterocycles. The molecule has 1 aliphatic rings. The zero-order valence-corrected chi connectivity index (χ0v) is 13.1. The van der Waals surface area contributed by atoms with Crippen LogP contribution in [0.25, 0.3) is 0 Å². The highest BCUT2D eigenvalue weighted by Gasteiger charge is 2.27. The van der Waals surface area contributed by atoms with Crippen molar-refractivity contribution in [1.82, 2.24) is 5.32 Å². The zero-order valence-electron chi connectivity index (χ0n) is 13.1. The molecule has 1 atom stereocenters. The summed E-state index contributed by atoms with van der Waals surface area (Å²) in [5.41, 5.74) is 2.53. The Morgan fingerprint density at radius 2 is 1.88 bits per heavy atom. The SMILES string of the molecule is O=C(NC(C(=O)O)c1cccc(C2CC2)c1)OCc1ccccc1. The van der Waals surface area contributed by atoms with Crippen molar-refractivity contribution >= 4 is 12.1 Å². The van der Waals surface area contributed by atoms with Crippen LogP contribution in [0, 0.1) is 0 Å². The van der Waals surface area contributed by atoms with Crippen molar-refractivity contribution in [3.05, 3.63) is 71.3 Å². The van der Waals surface area contributed by atoms with Crippen LogP contribution in [-0.2, 0) is 16.1 Å². The highest BCUT2D eigenvalue weighted by molar-refractivity contribution is 5.81. The van der Waals surface area contributed by atoms with Gasteiger partial charge in [-0.25, -0.2) is 9.59 Å². The van der Waals surface area contributed by atoms with Crippen LogP contribution in [0.1, 0.15) is 41.5 Å². The predicted molar refractivity (Wildman–Crippen MR) is 88.6 cm³/mol. The molecule has 0 radical (unpaired) electrons. The lowest BCUT2D eigenvalue weighted by Gasteiger charge is -2.16. The third kappa shape index (κ3) is 4.13. The topological polar surface area (TPSA) is 75.6 Å². The highest BCUT2D eigenvalue weighted by atomic mass is 16.5. The van der Waals surface area contributed by atoms with E-state index in [2.05, 4.69) is 5.32 Å². The molecule has 5 nitrogen and oxygen atoms in total. The number of aliphatic carboxylic acids is 1. The van der Waals surface area contributed by atoms with E-state index in [1.54, 1.807) is 6.07 Å². The van der Waals surface area contributed by atoms with Gasteiger partial charge in [-0.2, -0.15) is 0 Å². The van der Waals surface area contributed by atoms with Crippen molar-refractivity contribution in [1.29, 1.82) is 0 Å². The van der Waals surface area contributed by atoms with Gasteiger partial charge in [0.15, 0.2) is 6.04 Å². The quantitative estimate of drug-likeness (QED) is 0.850. The van der Waals surface area contributed by atoms with Gasteiger partial charge in [-0.3, -0.25) is 0 Å². The minimum atomic E-state index is -1.12. The van der Waals surface area contributed by atoms with Gasteiger partial charge in [0.05, 0.1) is 0 Å². The first-order chi connectivity index (χ1) is 11.6. The van der Waals surface area contributed by atoms with E-state index in [9.17, 15) is 14.7 Å². The Kier molecular flexibility index (Phi) is 4.79. The van der Waals surface area contributed by atoms with Crippen molar-refractivity contribution in [2.75, 3.05) is 0 Å². The van der Waals surface area contributed by atoms with Gasteiger partial charge in [-0.05, 0) is 35.4 Å². The fourth-order valence-corrected chi connectivity index (χ4v) is 2.58. The molecule has 124 valence electrons. The number of hydrogen-bond donors (Lipinski definition) is 2. The minimum absolute atomic E-state index is 0.0983. The van der Waals surface area contributed by atoms with Crippen molar-refractivity contribution in [3.8, 4) is 0 Å². The molecule has 0 spiro atoms. The lowest BCUT2D eigenvalue weighted by molar-refractivity contribution is -0.139. The van der Waals surface area contributed by atoms with Gasteiger partial charge in [-0.1, -0.05) is 54.6 Å². The molecular formula is C19H19NO4. The first-order valence-corrected chi connectivity index (χ1v) is 7.93. The van der Waals surface area contributed by atoms with Gasteiger partial charge < -0.3 is 15.2 Å². The number of nitrogens with one attached hydrogen (secondary N) is 1. The molecule has 1 amide bonds. The Balaban J connectivity index is 1.64. The third-order valence-electron chi connectivity index (χ3n) is 4.01. The van der Waals surface area contributed by atoms with Crippen LogP contribution < -0.4 is 5.32 Å². The predicted octanol–water partition coefficient (Wildman–Crippen LogP) is 3.62. The van der Waals surface area contributed by atoms with Crippen LogP contribution in [0.5, 0.6) is 0 Å². The largest absolute Gasteiger partial charge is 0.479 e. The number of carboxylic acids is 1. The molecule has 5 heteroatoms. The molecule has 0 heterocycles. The number of hydrogen-bond acceptors (Lipinski definition) is 3. The Labute approximate surface area is 140 Å². The summed E-state index contributed by atoms with van der Waals surface area (Å²) in [6.07, 6.45) is 1.52. The molecule has 1 aliphatic carbocycles. The molecule has 0 bridgehead atoms. The molecule has 3 rings (SSSR count). The van der Waals surface area contributed by atoms with Gasteiger partial charge in [0.25, 0.3) is 0 Å². The van der Waals surface area contributed by atoms with E-state index in [-0.39, 0.29) is 6.61 Å². The second-order valence-electron chi connectivity index (χ2n) is 5.92. The Morgan fingerprint density at radius 1 is 1.12 bits per heavy atom. The van der Waals surface area contributed by atoms with Crippen molar-refractivity contribution in [2.24, 2.45) is 0 Å². The molecule has 1 saturated carbocycles. The van der Waals surface area contributed by atoms with Crippen LogP contribution in [0.2, 0.25) is 0 Å². The summed E-state index contributed by atoms with van der Waals surface area (Å²) in [5.74, 6) is -0.593. The minimum Gasteiger partial charge on any atom is -0.479 e. The van der Waals surface area contributed by atoms with Crippen molar-refractivity contribution in [3.63, 3.8) is 0 Å². The lowest BCUT2D eigenvalue weighted by atomic mass is 10.0. The number of alkyl carbamates (subject to hydrolysis) is 1. The van der Waals surface area contributed by atoms with Gasteiger partial charge in [-0.15, -0.1) is 0 Å². The summed E-state index contributed by atoms with van der Waals surface area (Å²) in [6, 6.07) is 15.5. The summed E-state index contributed by atoms with van der Waals surface area (Å²) in [5, 5.41) is 11.9. The Hall–Kier alpha value is -2.82. The van der Waals surface area contributed by atoms with E-state index in [0.717, 1.165) is 24.0 Å². The number of ether oxygens (including phenoxy) is 1. The lowest BCUT2D eigenvalue weighted by Crippen LogP contribution is -2.34. The van der Waals surface area contributed by atoms with Gasteiger partial charge in [0, 0.05) is 0 Å². The number of amides is 1. The molecule has 1 unspecified atom stereocenters. The van der Waals surface area contributed by atoms with Crippen molar-refractivity contribution in [2.45, 2.75) is 31.4 Å². The van der Waals surface area contributed by atoms with Gasteiger partial charge >= 0.3 is 12.1 Å². The number of benzene rings is 2. The van der Waals surface area contributed by atoms with Gasteiger partial charge in [0.2, 0.25) is 0 Å². The maximum Gasteiger partial charge on any atom is 0.408 e. The first-order valence-electron chi connectivity index (χ1n) is 7.93.